The minimum Gasteiger partial charge on any atom is -0.348 e. The topological polar surface area (TPSA) is 31.4 Å². The normalized spacial score (nSPS) is 18.4. The van der Waals surface area contributed by atoms with Crippen LogP contribution in [0.2, 0.25) is 10.3 Å². The number of hydrogen-bond donors (Lipinski definition) is 0. The van der Waals surface area contributed by atoms with Gasteiger partial charge in [0, 0.05) is 5.56 Å². The first-order chi connectivity index (χ1) is 6.75. The average molecular weight is 234 g/mol. The molecule has 5 heteroatoms. The predicted molar refractivity (Wildman–Crippen MR) is 53.5 cm³/mol. The Morgan fingerprint density at radius 2 is 1.71 bits per heavy atom. The van der Waals surface area contributed by atoms with Gasteiger partial charge in [-0.1, -0.05) is 23.2 Å². The van der Waals surface area contributed by atoms with Crippen LogP contribution >= 0.6 is 23.2 Å². The fourth-order valence-corrected chi connectivity index (χ4v) is 1.78. The van der Waals surface area contributed by atoms with Crippen LogP contribution in [0.4, 0.5) is 0 Å². The Balaban J connectivity index is 2.21. The van der Waals surface area contributed by atoms with E-state index in [0.29, 0.717) is 23.5 Å². The summed E-state index contributed by atoms with van der Waals surface area (Å²) in [6.45, 7) is 1.39. The summed E-state index contributed by atoms with van der Waals surface area (Å²) in [5.41, 5.74) is 0.815. The first kappa shape index (κ1) is 10.2. The molecule has 14 heavy (non-hydrogen) atoms. The molecule has 2 heterocycles. The van der Waals surface area contributed by atoms with Crippen LogP contribution in [0.3, 0.4) is 0 Å². The van der Waals surface area contributed by atoms with Gasteiger partial charge in [-0.25, -0.2) is 4.98 Å². The van der Waals surface area contributed by atoms with Crippen molar-refractivity contribution in [2.45, 2.75) is 12.7 Å². The first-order valence-electron chi connectivity index (χ1n) is 4.32. The highest BCUT2D eigenvalue weighted by Crippen LogP contribution is 2.26. The Hall–Kier alpha value is -0.350. The summed E-state index contributed by atoms with van der Waals surface area (Å²) in [5, 5.41) is 0.704. The van der Waals surface area contributed by atoms with Gasteiger partial charge in [0.15, 0.2) is 6.29 Å². The van der Waals surface area contributed by atoms with Crippen molar-refractivity contribution in [1.82, 2.24) is 4.98 Å². The van der Waals surface area contributed by atoms with Crippen LogP contribution in [0.1, 0.15) is 18.3 Å². The van der Waals surface area contributed by atoms with Crippen LogP contribution < -0.4 is 0 Å². The van der Waals surface area contributed by atoms with Crippen LogP contribution in [-0.4, -0.2) is 18.2 Å². The molecular weight excluding hydrogens is 225 g/mol. The molecule has 1 aliphatic rings. The summed E-state index contributed by atoms with van der Waals surface area (Å²) in [7, 11) is 0. The van der Waals surface area contributed by atoms with Crippen LogP contribution in [0.25, 0.3) is 0 Å². The Labute approximate surface area is 91.9 Å². The van der Waals surface area contributed by atoms with Gasteiger partial charge in [-0.3, -0.25) is 0 Å². The fourth-order valence-electron chi connectivity index (χ4n) is 1.30. The van der Waals surface area contributed by atoms with E-state index in [4.69, 9.17) is 32.7 Å². The molecule has 1 saturated heterocycles. The SMILES string of the molecule is Clc1cc(C2OCCCO2)cc(Cl)n1. The largest absolute Gasteiger partial charge is 0.348 e. The number of aromatic nitrogens is 1. The summed E-state index contributed by atoms with van der Waals surface area (Å²) in [6.07, 6.45) is 0.560. The van der Waals surface area contributed by atoms with E-state index in [-0.39, 0.29) is 6.29 Å². The summed E-state index contributed by atoms with van der Waals surface area (Å²) in [4.78, 5) is 3.85. The highest BCUT2D eigenvalue weighted by Gasteiger charge is 2.17. The van der Waals surface area contributed by atoms with Crippen molar-refractivity contribution < 1.29 is 9.47 Å². The molecular formula is C9H9Cl2NO2. The van der Waals surface area contributed by atoms with Gasteiger partial charge in [-0.2, -0.15) is 0 Å². The van der Waals surface area contributed by atoms with Gasteiger partial charge in [-0.15, -0.1) is 0 Å². The molecule has 1 aliphatic heterocycles. The summed E-state index contributed by atoms with van der Waals surface area (Å²) in [5.74, 6) is 0. The van der Waals surface area contributed by atoms with Gasteiger partial charge in [0.05, 0.1) is 13.2 Å². The summed E-state index contributed by atoms with van der Waals surface area (Å²) < 4.78 is 10.8. The molecule has 0 aromatic carbocycles. The van der Waals surface area contributed by atoms with Crippen molar-refractivity contribution in [1.29, 1.82) is 0 Å². The maximum absolute atomic E-state index is 5.76. The lowest BCUT2D eigenvalue weighted by molar-refractivity contribution is -0.183. The number of hydrogen-bond acceptors (Lipinski definition) is 3. The Bertz CT molecular complexity index is 306. The van der Waals surface area contributed by atoms with Gasteiger partial charge in [0.1, 0.15) is 10.3 Å². The number of halogens is 2. The molecule has 0 amide bonds. The van der Waals surface area contributed by atoms with Crippen molar-refractivity contribution in [3.63, 3.8) is 0 Å². The molecule has 0 saturated carbocycles. The highest BCUT2D eigenvalue weighted by molar-refractivity contribution is 6.32. The lowest BCUT2D eigenvalue weighted by atomic mass is 10.2. The number of nitrogens with zero attached hydrogens (tertiary/aromatic N) is 1. The van der Waals surface area contributed by atoms with Gasteiger partial charge < -0.3 is 9.47 Å². The molecule has 0 atom stereocenters. The van der Waals surface area contributed by atoms with E-state index in [1.807, 2.05) is 0 Å². The minimum absolute atomic E-state index is 0.352. The standard InChI is InChI=1S/C9H9Cl2NO2/c10-7-4-6(5-8(11)12-7)9-13-2-1-3-14-9/h4-5,9H,1-3H2. The maximum Gasteiger partial charge on any atom is 0.184 e. The van der Waals surface area contributed by atoms with Crippen LogP contribution in [0.5, 0.6) is 0 Å². The van der Waals surface area contributed by atoms with Crippen molar-refractivity contribution >= 4 is 23.2 Å². The Kier molecular flexibility index (Phi) is 3.23. The van der Waals surface area contributed by atoms with E-state index < -0.39 is 0 Å². The summed E-state index contributed by atoms with van der Waals surface area (Å²) >= 11 is 11.5. The molecule has 0 bridgehead atoms. The van der Waals surface area contributed by atoms with E-state index in [0.717, 1.165) is 12.0 Å². The van der Waals surface area contributed by atoms with Crippen molar-refractivity contribution in [2.75, 3.05) is 13.2 Å². The number of pyridine rings is 1. The lowest BCUT2D eigenvalue weighted by Crippen LogP contribution is -2.17. The zero-order valence-corrected chi connectivity index (χ0v) is 8.88. The molecule has 1 aromatic heterocycles. The van der Waals surface area contributed by atoms with Crippen molar-refractivity contribution in [2.24, 2.45) is 0 Å². The zero-order chi connectivity index (χ0) is 9.97. The molecule has 1 aromatic rings. The zero-order valence-electron chi connectivity index (χ0n) is 7.37. The van der Waals surface area contributed by atoms with Gasteiger partial charge in [0.25, 0.3) is 0 Å². The number of rotatable bonds is 1. The maximum atomic E-state index is 5.76. The Morgan fingerprint density at radius 1 is 1.14 bits per heavy atom. The summed E-state index contributed by atoms with van der Waals surface area (Å²) in [6, 6.07) is 3.40. The second kappa shape index (κ2) is 4.45. The molecule has 2 rings (SSSR count). The third-order valence-electron chi connectivity index (χ3n) is 1.88. The quantitative estimate of drug-likeness (QED) is 0.700. The second-order valence-corrected chi connectivity index (χ2v) is 3.75. The Morgan fingerprint density at radius 3 is 2.29 bits per heavy atom. The molecule has 3 nitrogen and oxygen atoms in total. The van der Waals surface area contributed by atoms with E-state index in [1.165, 1.54) is 0 Å². The van der Waals surface area contributed by atoms with E-state index in [1.54, 1.807) is 12.1 Å². The molecule has 0 unspecified atom stereocenters. The number of ether oxygens (including phenoxy) is 2. The molecule has 0 spiro atoms. The minimum atomic E-state index is -0.359. The molecule has 0 radical (unpaired) electrons. The van der Waals surface area contributed by atoms with E-state index >= 15 is 0 Å². The van der Waals surface area contributed by atoms with Gasteiger partial charge in [0.2, 0.25) is 0 Å². The third-order valence-corrected chi connectivity index (χ3v) is 2.27. The van der Waals surface area contributed by atoms with Crippen LogP contribution in [0, 0.1) is 0 Å². The molecule has 0 N–H and O–H groups in total. The molecule has 1 fully saturated rings. The molecule has 76 valence electrons. The monoisotopic (exact) mass is 233 g/mol. The van der Waals surface area contributed by atoms with Gasteiger partial charge >= 0.3 is 0 Å². The fraction of sp³-hybridized carbons (Fsp3) is 0.444. The van der Waals surface area contributed by atoms with Gasteiger partial charge in [-0.05, 0) is 18.6 Å². The third kappa shape index (κ3) is 2.36. The molecule has 0 aliphatic carbocycles. The lowest BCUT2D eigenvalue weighted by Gasteiger charge is -2.23. The van der Waals surface area contributed by atoms with Crippen molar-refractivity contribution in [3.8, 4) is 0 Å². The average Bonchev–Trinajstić information content (AvgIpc) is 2.18. The second-order valence-electron chi connectivity index (χ2n) is 2.97. The van der Waals surface area contributed by atoms with Crippen LogP contribution in [0.15, 0.2) is 12.1 Å². The van der Waals surface area contributed by atoms with Crippen molar-refractivity contribution in [3.05, 3.63) is 28.0 Å². The van der Waals surface area contributed by atoms with E-state index in [2.05, 4.69) is 4.98 Å². The first-order valence-corrected chi connectivity index (χ1v) is 5.07. The van der Waals surface area contributed by atoms with Crippen LogP contribution in [-0.2, 0) is 9.47 Å². The highest BCUT2D eigenvalue weighted by atomic mass is 35.5. The smallest absolute Gasteiger partial charge is 0.184 e. The van der Waals surface area contributed by atoms with E-state index in [9.17, 15) is 0 Å². The predicted octanol–water partition coefficient (Wildman–Crippen LogP) is 2.82.